The van der Waals surface area contributed by atoms with Gasteiger partial charge in [0.2, 0.25) is 0 Å². The molecule has 1 heterocycles. The molecule has 2 rings (SSSR count). The lowest BCUT2D eigenvalue weighted by Crippen LogP contribution is -2.15. The van der Waals surface area contributed by atoms with E-state index >= 15 is 0 Å². The van der Waals surface area contributed by atoms with E-state index in [-0.39, 0.29) is 5.75 Å². The Bertz CT molecular complexity index is 618. The molecule has 1 aromatic carbocycles. The van der Waals surface area contributed by atoms with Gasteiger partial charge in [-0.1, -0.05) is 0 Å². The fourth-order valence-electron chi connectivity index (χ4n) is 1.23. The second kappa shape index (κ2) is 5.09. The third-order valence-corrected chi connectivity index (χ3v) is 2.15. The SMILES string of the molecule is Cc1n[nH]c(=O)nc1N/N=C\c1ccc(O)cc1. The third kappa shape index (κ3) is 2.91. The molecule has 2 aromatic rings. The molecule has 0 spiro atoms. The van der Waals surface area contributed by atoms with Gasteiger partial charge >= 0.3 is 5.69 Å². The highest BCUT2D eigenvalue weighted by molar-refractivity contribution is 5.80. The molecule has 92 valence electrons. The molecule has 0 atom stereocenters. The molecule has 7 heteroatoms. The minimum absolute atomic E-state index is 0.191. The normalized spacial score (nSPS) is 10.7. The van der Waals surface area contributed by atoms with Crippen molar-refractivity contribution in [2.24, 2.45) is 5.10 Å². The van der Waals surface area contributed by atoms with E-state index in [0.717, 1.165) is 5.56 Å². The molecule has 0 saturated carbocycles. The number of H-pyrrole nitrogens is 1. The summed E-state index contributed by atoms with van der Waals surface area (Å²) < 4.78 is 0. The molecule has 0 saturated heterocycles. The van der Waals surface area contributed by atoms with Crippen molar-refractivity contribution in [3.8, 4) is 5.75 Å². The monoisotopic (exact) mass is 245 g/mol. The fourth-order valence-corrected chi connectivity index (χ4v) is 1.23. The van der Waals surface area contributed by atoms with Crippen LogP contribution in [-0.4, -0.2) is 26.5 Å². The van der Waals surface area contributed by atoms with Crippen molar-refractivity contribution in [3.63, 3.8) is 0 Å². The summed E-state index contributed by atoms with van der Waals surface area (Å²) in [5.74, 6) is 0.491. The number of nitrogens with zero attached hydrogens (tertiary/aromatic N) is 3. The zero-order valence-corrected chi connectivity index (χ0v) is 9.58. The summed E-state index contributed by atoms with van der Waals surface area (Å²) in [6, 6.07) is 6.52. The summed E-state index contributed by atoms with van der Waals surface area (Å²) in [4.78, 5) is 14.6. The highest BCUT2D eigenvalue weighted by Crippen LogP contribution is 2.08. The van der Waals surface area contributed by atoms with Gasteiger partial charge in [-0.15, -0.1) is 0 Å². The molecular weight excluding hydrogens is 234 g/mol. The summed E-state index contributed by atoms with van der Waals surface area (Å²) >= 11 is 0. The van der Waals surface area contributed by atoms with Gasteiger partial charge in [0.15, 0.2) is 5.82 Å². The van der Waals surface area contributed by atoms with E-state index in [0.29, 0.717) is 11.5 Å². The van der Waals surface area contributed by atoms with Gasteiger partial charge < -0.3 is 5.11 Å². The second-order valence-corrected chi connectivity index (χ2v) is 3.54. The number of hydrazone groups is 1. The zero-order chi connectivity index (χ0) is 13.0. The van der Waals surface area contributed by atoms with Gasteiger partial charge in [-0.3, -0.25) is 5.43 Å². The predicted octanol–water partition coefficient (Wildman–Crippen LogP) is 0.625. The number of nitrogens with one attached hydrogen (secondary N) is 2. The Morgan fingerprint density at radius 3 is 2.83 bits per heavy atom. The molecule has 0 amide bonds. The van der Waals surface area contributed by atoms with Crippen LogP contribution in [0.3, 0.4) is 0 Å². The Kier molecular flexibility index (Phi) is 3.33. The number of aromatic nitrogens is 3. The fraction of sp³-hybridized carbons (Fsp3) is 0.0909. The number of rotatable bonds is 3. The van der Waals surface area contributed by atoms with Crippen LogP contribution in [-0.2, 0) is 0 Å². The number of benzene rings is 1. The highest BCUT2D eigenvalue weighted by Gasteiger charge is 1.99. The Balaban J connectivity index is 2.09. The van der Waals surface area contributed by atoms with Crippen LogP contribution in [0.15, 0.2) is 34.2 Å². The molecule has 0 aliphatic carbocycles. The van der Waals surface area contributed by atoms with Crippen molar-refractivity contribution in [2.45, 2.75) is 6.92 Å². The quantitative estimate of drug-likeness (QED) is 0.543. The lowest BCUT2D eigenvalue weighted by Gasteiger charge is -2.00. The Morgan fingerprint density at radius 2 is 2.11 bits per heavy atom. The first kappa shape index (κ1) is 11.8. The Hall–Kier alpha value is -2.70. The molecule has 18 heavy (non-hydrogen) atoms. The zero-order valence-electron chi connectivity index (χ0n) is 9.58. The number of hydrogen-bond acceptors (Lipinski definition) is 6. The molecule has 0 bridgehead atoms. The maximum absolute atomic E-state index is 11.0. The van der Waals surface area contributed by atoms with Crippen molar-refractivity contribution in [1.82, 2.24) is 15.2 Å². The minimum Gasteiger partial charge on any atom is -0.508 e. The van der Waals surface area contributed by atoms with E-state index in [9.17, 15) is 4.79 Å². The van der Waals surface area contributed by atoms with E-state index in [1.54, 1.807) is 37.4 Å². The Morgan fingerprint density at radius 1 is 1.39 bits per heavy atom. The summed E-state index contributed by atoms with van der Waals surface area (Å²) in [7, 11) is 0. The van der Waals surface area contributed by atoms with Crippen molar-refractivity contribution < 1.29 is 5.11 Å². The molecule has 3 N–H and O–H groups in total. The van der Waals surface area contributed by atoms with Crippen LogP contribution >= 0.6 is 0 Å². The first-order valence-corrected chi connectivity index (χ1v) is 5.16. The topological polar surface area (TPSA) is 103 Å². The molecule has 0 unspecified atom stereocenters. The molecule has 0 aliphatic rings. The lowest BCUT2D eigenvalue weighted by molar-refractivity contribution is 0.475. The number of hydrogen-bond donors (Lipinski definition) is 3. The maximum Gasteiger partial charge on any atom is 0.363 e. The minimum atomic E-state index is -0.539. The van der Waals surface area contributed by atoms with Crippen LogP contribution in [0.5, 0.6) is 5.75 Å². The smallest absolute Gasteiger partial charge is 0.363 e. The second-order valence-electron chi connectivity index (χ2n) is 3.54. The molecule has 0 fully saturated rings. The van der Waals surface area contributed by atoms with Crippen molar-refractivity contribution in [3.05, 3.63) is 46.0 Å². The maximum atomic E-state index is 11.0. The van der Waals surface area contributed by atoms with Crippen LogP contribution in [0.2, 0.25) is 0 Å². The van der Waals surface area contributed by atoms with Crippen LogP contribution in [0, 0.1) is 6.92 Å². The number of phenolic OH excluding ortho intramolecular Hbond substituents is 1. The molecule has 1 aromatic heterocycles. The van der Waals surface area contributed by atoms with E-state index in [4.69, 9.17) is 5.11 Å². The largest absolute Gasteiger partial charge is 0.508 e. The Labute approximate surface area is 102 Å². The number of aromatic amines is 1. The van der Waals surface area contributed by atoms with Gasteiger partial charge in [-0.05, 0) is 36.8 Å². The summed E-state index contributed by atoms with van der Waals surface area (Å²) in [6.45, 7) is 1.70. The predicted molar refractivity (Wildman–Crippen MR) is 66.7 cm³/mol. The van der Waals surface area contributed by atoms with E-state index in [2.05, 4.69) is 25.7 Å². The molecule has 7 nitrogen and oxygen atoms in total. The first-order chi connectivity index (χ1) is 8.65. The summed E-state index contributed by atoms with van der Waals surface area (Å²) in [5, 5.41) is 19.0. The van der Waals surface area contributed by atoms with Gasteiger partial charge in [0.05, 0.1) is 6.21 Å². The van der Waals surface area contributed by atoms with Crippen LogP contribution in [0.1, 0.15) is 11.3 Å². The lowest BCUT2D eigenvalue weighted by atomic mass is 10.2. The highest BCUT2D eigenvalue weighted by atomic mass is 16.3. The van der Waals surface area contributed by atoms with Gasteiger partial charge in [0.25, 0.3) is 0 Å². The summed E-state index contributed by atoms with van der Waals surface area (Å²) in [6.07, 6.45) is 1.54. The number of phenols is 1. The number of aromatic hydroxyl groups is 1. The average molecular weight is 245 g/mol. The van der Waals surface area contributed by atoms with Gasteiger partial charge in [0, 0.05) is 0 Å². The van der Waals surface area contributed by atoms with E-state index in [1.807, 2.05) is 0 Å². The van der Waals surface area contributed by atoms with Crippen molar-refractivity contribution >= 4 is 12.0 Å². The first-order valence-electron chi connectivity index (χ1n) is 5.16. The number of anilines is 1. The third-order valence-electron chi connectivity index (χ3n) is 2.15. The van der Waals surface area contributed by atoms with Crippen LogP contribution in [0.4, 0.5) is 5.82 Å². The standard InChI is InChI=1S/C11H11N5O2/c1-7-10(13-11(18)16-14-7)15-12-6-8-2-4-9(17)5-3-8/h2-6,17H,1H3,(H2,13,15,16,18)/b12-6-. The van der Waals surface area contributed by atoms with Gasteiger partial charge in [0.1, 0.15) is 11.4 Å². The van der Waals surface area contributed by atoms with Crippen LogP contribution in [0.25, 0.3) is 0 Å². The van der Waals surface area contributed by atoms with E-state index < -0.39 is 5.69 Å². The molecule has 0 aliphatic heterocycles. The average Bonchev–Trinajstić information content (AvgIpc) is 2.36. The number of aryl methyl sites for hydroxylation is 1. The van der Waals surface area contributed by atoms with Crippen molar-refractivity contribution in [1.29, 1.82) is 0 Å². The van der Waals surface area contributed by atoms with E-state index in [1.165, 1.54) is 0 Å². The van der Waals surface area contributed by atoms with Gasteiger partial charge in [-0.2, -0.15) is 15.2 Å². The van der Waals surface area contributed by atoms with Gasteiger partial charge in [-0.25, -0.2) is 9.89 Å². The summed E-state index contributed by atoms with van der Waals surface area (Å²) in [5.41, 5.74) is 3.43. The van der Waals surface area contributed by atoms with Crippen molar-refractivity contribution in [2.75, 3.05) is 5.43 Å². The van der Waals surface area contributed by atoms with Crippen LogP contribution < -0.4 is 11.1 Å². The molecule has 0 radical (unpaired) electrons. The molecular formula is C11H11N5O2.